The van der Waals surface area contributed by atoms with Gasteiger partial charge in [0.25, 0.3) is 0 Å². The molecule has 0 aliphatic carbocycles. The minimum Gasteiger partial charge on any atom is -0.354 e. The number of rotatable bonds is 5. The van der Waals surface area contributed by atoms with E-state index in [1.807, 2.05) is 19.3 Å². The molecule has 1 aromatic heterocycles. The summed E-state index contributed by atoms with van der Waals surface area (Å²) in [5.41, 5.74) is 0.335. The molecule has 0 unspecified atom stereocenters. The van der Waals surface area contributed by atoms with Gasteiger partial charge in [0, 0.05) is 45.5 Å². The Hall–Kier alpha value is -1.13. The van der Waals surface area contributed by atoms with E-state index >= 15 is 0 Å². The Kier molecular flexibility index (Phi) is 4.77. The van der Waals surface area contributed by atoms with Gasteiger partial charge in [-0.05, 0) is 24.6 Å². The number of anilines is 1. The molecule has 2 heterocycles. The Morgan fingerprint density at radius 1 is 1.21 bits per heavy atom. The third kappa shape index (κ3) is 4.18. The van der Waals surface area contributed by atoms with Gasteiger partial charge in [-0.25, -0.2) is 4.98 Å². The fraction of sp³-hybridized carbons (Fsp3) is 0.667. The molecule has 0 amide bonds. The predicted octanol–water partition coefficient (Wildman–Crippen LogP) is 1.45. The first-order chi connectivity index (χ1) is 9.11. The lowest BCUT2D eigenvalue weighted by Crippen LogP contribution is -2.50. The van der Waals surface area contributed by atoms with E-state index in [0.717, 1.165) is 45.1 Å². The fourth-order valence-electron chi connectivity index (χ4n) is 2.82. The number of nitrogens with zero attached hydrogens (tertiary/aromatic N) is 3. The van der Waals surface area contributed by atoms with Crippen LogP contribution >= 0.6 is 0 Å². The number of aromatic nitrogens is 1. The largest absolute Gasteiger partial charge is 0.354 e. The third-order valence-corrected chi connectivity index (χ3v) is 3.65. The van der Waals surface area contributed by atoms with Crippen LogP contribution in [0, 0.1) is 5.41 Å². The summed E-state index contributed by atoms with van der Waals surface area (Å²) in [7, 11) is 2.03. The van der Waals surface area contributed by atoms with Crippen molar-refractivity contribution in [3.63, 3.8) is 0 Å². The van der Waals surface area contributed by atoms with E-state index in [1.54, 1.807) is 0 Å². The highest BCUT2D eigenvalue weighted by Crippen LogP contribution is 2.18. The normalized spacial score (nSPS) is 17.7. The van der Waals surface area contributed by atoms with Crippen molar-refractivity contribution < 1.29 is 0 Å². The van der Waals surface area contributed by atoms with Gasteiger partial charge in [-0.15, -0.1) is 0 Å². The first kappa shape index (κ1) is 14.3. The zero-order chi connectivity index (χ0) is 13.7. The van der Waals surface area contributed by atoms with E-state index in [9.17, 15) is 0 Å². The van der Waals surface area contributed by atoms with Gasteiger partial charge in [0.2, 0.25) is 0 Å². The van der Waals surface area contributed by atoms with Crippen molar-refractivity contribution in [2.45, 2.75) is 13.8 Å². The van der Waals surface area contributed by atoms with Crippen LogP contribution in [0.1, 0.15) is 13.8 Å². The van der Waals surface area contributed by atoms with Gasteiger partial charge in [0.1, 0.15) is 5.82 Å². The molecule has 0 spiro atoms. The van der Waals surface area contributed by atoms with Crippen molar-refractivity contribution >= 4 is 5.82 Å². The lowest BCUT2D eigenvalue weighted by atomic mass is 9.92. The van der Waals surface area contributed by atoms with Crippen molar-refractivity contribution in [2.24, 2.45) is 5.41 Å². The Morgan fingerprint density at radius 3 is 2.53 bits per heavy atom. The van der Waals surface area contributed by atoms with Gasteiger partial charge in [0.15, 0.2) is 0 Å². The molecule has 4 heteroatoms. The van der Waals surface area contributed by atoms with Crippen LogP contribution in [0.3, 0.4) is 0 Å². The van der Waals surface area contributed by atoms with Crippen molar-refractivity contribution in [2.75, 3.05) is 51.2 Å². The van der Waals surface area contributed by atoms with Gasteiger partial charge in [0.05, 0.1) is 0 Å². The summed E-state index contributed by atoms with van der Waals surface area (Å²) in [6, 6.07) is 6.13. The van der Waals surface area contributed by atoms with Gasteiger partial charge < -0.3 is 10.2 Å². The molecule has 1 N–H and O–H groups in total. The smallest absolute Gasteiger partial charge is 0.128 e. The van der Waals surface area contributed by atoms with Gasteiger partial charge in [-0.3, -0.25) is 4.90 Å². The molecule has 1 aromatic rings. The molecule has 1 fully saturated rings. The van der Waals surface area contributed by atoms with Crippen LogP contribution in [-0.4, -0.2) is 56.2 Å². The van der Waals surface area contributed by atoms with Crippen molar-refractivity contribution in [1.29, 1.82) is 0 Å². The predicted molar refractivity (Wildman–Crippen MR) is 80.6 cm³/mol. The molecular weight excluding hydrogens is 236 g/mol. The molecule has 1 aliphatic rings. The lowest BCUT2D eigenvalue weighted by molar-refractivity contribution is 0.168. The summed E-state index contributed by atoms with van der Waals surface area (Å²) in [6.07, 6.45) is 1.87. The number of nitrogens with one attached hydrogen (secondary N) is 1. The number of hydrogen-bond donors (Lipinski definition) is 1. The highest BCUT2D eigenvalue weighted by Gasteiger charge is 2.24. The van der Waals surface area contributed by atoms with Crippen molar-refractivity contribution in [3.8, 4) is 0 Å². The molecule has 1 saturated heterocycles. The van der Waals surface area contributed by atoms with Crippen molar-refractivity contribution in [3.05, 3.63) is 24.4 Å². The van der Waals surface area contributed by atoms with E-state index in [4.69, 9.17) is 0 Å². The second-order valence-corrected chi connectivity index (χ2v) is 6.15. The van der Waals surface area contributed by atoms with Crippen LogP contribution in [0.2, 0.25) is 0 Å². The Morgan fingerprint density at radius 2 is 1.95 bits per heavy atom. The van der Waals surface area contributed by atoms with Crippen LogP contribution in [0.15, 0.2) is 24.4 Å². The average molecular weight is 262 g/mol. The van der Waals surface area contributed by atoms with Gasteiger partial charge in [-0.2, -0.15) is 0 Å². The van der Waals surface area contributed by atoms with E-state index in [-0.39, 0.29) is 0 Å². The summed E-state index contributed by atoms with van der Waals surface area (Å²) in [4.78, 5) is 9.37. The molecule has 19 heavy (non-hydrogen) atoms. The quantitative estimate of drug-likeness (QED) is 0.870. The van der Waals surface area contributed by atoms with E-state index < -0.39 is 0 Å². The monoisotopic (exact) mass is 262 g/mol. The summed E-state index contributed by atoms with van der Waals surface area (Å²) in [5.74, 6) is 1.11. The average Bonchev–Trinajstić information content (AvgIpc) is 2.40. The minimum absolute atomic E-state index is 0.335. The van der Waals surface area contributed by atoms with Crippen LogP contribution in [0.25, 0.3) is 0 Å². The van der Waals surface area contributed by atoms with Gasteiger partial charge in [-0.1, -0.05) is 19.9 Å². The number of hydrogen-bond acceptors (Lipinski definition) is 4. The second-order valence-electron chi connectivity index (χ2n) is 6.15. The minimum atomic E-state index is 0.335. The van der Waals surface area contributed by atoms with Crippen LogP contribution in [-0.2, 0) is 0 Å². The van der Waals surface area contributed by atoms with Crippen molar-refractivity contribution in [1.82, 2.24) is 15.2 Å². The molecule has 0 saturated carbocycles. The standard InChI is InChI=1S/C15H26N4/c1-15(2,12-16-3)13-18-8-10-19(11-9-18)14-6-4-5-7-17-14/h4-7,16H,8-13H2,1-3H3. The Balaban J connectivity index is 1.83. The topological polar surface area (TPSA) is 31.4 Å². The molecule has 0 bridgehead atoms. The molecule has 0 atom stereocenters. The summed E-state index contributed by atoms with van der Waals surface area (Å²) in [6.45, 7) is 11.3. The second kappa shape index (κ2) is 6.35. The maximum atomic E-state index is 4.43. The van der Waals surface area contributed by atoms with Crippen LogP contribution < -0.4 is 10.2 Å². The van der Waals surface area contributed by atoms with E-state index in [2.05, 4.69) is 46.1 Å². The SMILES string of the molecule is CNCC(C)(C)CN1CCN(c2ccccn2)CC1. The first-order valence-electron chi connectivity index (χ1n) is 7.14. The zero-order valence-electron chi connectivity index (χ0n) is 12.4. The molecule has 2 rings (SSSR count). The number of pyridine rings is 1. The zero-order valence-corrected chi connectivity index (χ0v) is 12.4. The van der Waals surface area contributed by atoms with E-state index in [1.165, 1.54) is 0 Å². The van der Waals surface area contributed by atoms with E-state index in [0.29, 0.717) is 5.41 Å². The summed E-state index contributed by atoms with van der Waals surface area (Å²) < 4.78 is 0. The van der Waals surface area contributed by atoms with Crippen LogP contribution in [0.4, 0.5) is 5.82 Å². The molecule has 4 nitrogen and oxygen atoms in total. The summed E-state index contributed by atoms with van der Waals surface area (Å²) >= 11 is 0. The third-order valence-electron chi connectivity index (χ3n) is 3.65. The molecule has 1 aliphatic heterocycles. The molecule has 0 radical (unpaired) electrons. The first-order valence-corrected chi connectivity index (χ1v) is 7.14. The fourth-order valence-corrected chi connectivity index (χ4v) is 2.82. The Labute approximate surface area is 116 Å². The number of piperazine rings is 1. The highest BCUT2D eigenvalue weighted by molar-refractivity contribution is 5.38. The maximum Gasteiger partial charge on any atom is 0.128 e. The molecule has 106 valence electrons. The lowest BCUT2D eigenvalue weighted by Gasteiger charge is -2.39. The molecular formula is C15H26N4. The Bertz CT molecular complexity index is 369. The maximum absolute atomic E-state index is 4.43. The van der Waals surface area contributed by atoms with Gasteiger partial charge >= 0.3 is 0 Å². The molecule has 0 aromatic carbocycles. The summed E-state index contributed by atoms with van der Waals surface area (Å²) in [5, 5.41) is 3.29. The van der Waals surface area contributed by atoms with Crippen LogP contribution in [0.5, 0.6) is 0 Å². The highest BCUT2D eigenvalue weighted by atomic mass is 15.3.